The van der Waals surface area contributed by atoms with Gasteiger partial charge in [-0.1, -0.05) is 5.10 Å². The minimum Gasteiger partial charge on any atom is -0.207 e. The second kappa shape index (κ2) is 2.96. The molecule has 2 heterocycles. The van der Waals surface area contributed by atoms with Gasteiger partial charge in [0.15, 0.2) is 0 Å². The fourth-order valence-electron chi connectivity index (χ4n) is 1.06. The van der Waals surface area contributed by atoms with Crippen LogP contribution in [0.2, 0.25) is 0 Å². The monoisotopic (exact) mass is 178 g/mol. The van der Waals surface area contributed by atoms with E-state index in [2.05, 4.69) is 20.6 Å². The van der Waals surface area contributed by atoms with Crippen LogP contribution in [0.4, 0.5) is 0 Å². The maximum atomic E-state index is 4.06. The zero-order valence-electron chi connectivity index (χ0n) is 7.49. The maximum Gasteiger partial charge on any atom is 0.270 e. The topological polar surface area (TPSA) is 61.4 Å². The standard InChI is InChI=1S/C7H10N6/c1-6(2)13-7(9-10-11-13)12-5-3-4-8-12/h3-6H,1-2H3. The highest BCUT2D eigenvalue weighted by molar-refractivity contribution is 5.06. The van der Waals surface area contributed by atoms with Gasteiger partial charge < -0.3 is 0 Å². The van der Waals surface area contributed by atoms with Gasteiger partial charge >= 0.3 is 0 Å². The summed E-state index contributed by atoms with van der Waals surface area (Å²) >= 11 is 0. The van der Waals surface area contributed by atoms with Gasteiger partial charge in [0.2, 0.25) is 0 Å². The Morgan fingerprint density at radius 1 is 1.38 bits per heavy atom. The fourth-order valence-corrected chi connectivity index (χ4v) is 1.06. The Morgan fingerprint density at radius 2 is 2.23 bits per heavy atom. The molecule has 2 aromatic heterocycles. The SMILES string of the molecule is CC(C)n1nnnc1-n1cccn1. The van der Waals surface area contributed by atoms with Gasteiger partial charge in [-0.2, -0.15) is 5.10 Å². The smallest absolute Gasteiger partial charge is 0.207 e. The van der Waals surface area contributed by atoms with Crippen molar-refractivity contribution in [2.45, 2.75) is 19.9 Å². The molecule has 6 nitrogen and oxygen atoms in total. The van der Waals surface area contributed by atoms with Gasteiger partial charge in [-0.3, -0.25) is 0 Å². The maximum absolute atomic E-state index is 4.06. The van der Waals surface area contributed by atoms with Crippen LogP contribution in [0.3, 0.4) is 0 Å². The molecule has 6 heteroatoms. The van der Waals surface area contributed by atoms with Crippen LogP contribution in [0.25, 0.3) is 5.95 Å². The minimum atomic E-state index is 0.231. The molecule has 0 aliphatic carbocycles. The molecule has 2 aromatic rings. The summed E-state index contributed by atoms with van der Waals surface area (Å²) in [5, 5.41) is 15.4. The van der Waals surface area contributed by atoms with E-state index in [1.165, 1.54) is 0 Å². The molecule has 0 aliphatic heterocycles. The second-order valence-electron chi connectivity index (χ2n) is 2.97. The third kappa shape index (κ3) is 1.30. The highest BCUT2D eigenvalue weighted by atomic mass is 15.6. The van der Waals surface area contributed by atoms with Crippen LogP contribution in [-0.2, 0) is 0 Å². The van der Waals surface area contributed by atoms with Crippen molar-refractivity contribution in [1.29, 1.82) is 0 Å². The van der Waals surface area contributed by atoms with Crippen molar-refractivity contribution in [1.82, 2.24) is 30.0 Å². The molecule has 0 amide bonds. The zero-order chi connectivity index (χ0) is 9.26. The summed E-state index contributed by atoms with van der Waals surface area (Å²) in [5.74, 6) is 0.639. The van der Waals surface area contributed by atoms with Crippen molar-refractivity contribution in [2.75, 3.05) is 0 Å². The van der Waals surface area contributed by atoms with Gasteiger partial charge in [0.25, 0.3) is 5.95 Å². The summed E-state index contributed by atoms with van der Waals surface area (Å²) in [5.41, 5.74) is 0. The molecule has 0 bridgehead atoms. The lowest BCUT2D eigenvalue weighted by molar-refractivity contribution is 0.499. The predicted octanol–water partition coefficient (Wildman–Crippen LogP) is 0.440. The largest absolute Gasteiger partial charge is 0.270 e. The molecule has 0 saturated carbocycles. The van der Waals surface area contributed by atoms with E-state index < -0.39 is 0 Å². The van der Waals surface area contributed by atoms with Gasteiger partial charge in [-0.15, -0.1) is 0 Å². The molecule has 0 saturated heterocycles. The Morgan fingerprint density at radius 3 is 2.85 bits per heavy atom. The Balaban J connectivity index is 2.46. The van der Waals surface area contributed by atoms with Gasteiger partial charge in [0, 0.05) is 12.4 Å². The predicted molar refractivity (Wildman–Crippen MR) is 45.3 cm³/mol. The van der Waals surface area contributed by atoms with E-state index in [1.807, 2.05) is 26.1 Å². The Labute approximate surface area is 75.2 Å². The van der Waals surface area contributed by atoms with Gasteiger partial charge in [0.1, 0.15) is 0 Å². The van der Waals surface area contributed by atoms with E-state index in [0.29, 0.717) is 5.95 Å². The third-order valence-corrected chi connectivity index (χ3v) is 1.67. The van der Waals surface area contributed by atoms with Crippen LogP contribution < -0.4 is 0 Å². The highest BCUT2D eigenvalue weighted by Gasteiger charge is 2.10. The van der Waals surface area contributed by atoms with Gasteiger partial charge in [0.05, 0.1) is 6.04 Å². The zero-order valence-corrected chi connectivity index (χ0v) is 7.49. The van der Waals surface area contributed by atoms with Crippen LogP contribution in [-0.4, -0.2) is 30.0 Å². The first kappa shape index (κ1) is 7.90. The lowest BCUT2D eigenvalue weighted by Gasteiger charge is -2.06. The second-order valence-corrected chi connectivity index (χ2v) is 2.97. The molecule has 0 radical (unpaired) electrons. The molecule has 0 fully saturated rings. The molecule has 2 rings (SSSR count). The van der Waals surface area contributed by atoms with E-state index in [4.69, 9.17) is 0 Å². The normalized spacial score (nSPS) is 11.0. The molecule has 68 valence electrons. The quantitative estimate of drug-likeness (QED) is 0.669. The first-order chi connectivity index (χ1) is 6.29. The molecule has 0 atom stereocenters. The lowest BCUT2D eigenvalue weighted by Crippen LogP contribution is -2.10. The van der Waals surface area contributed by atoms with Gasteiger partial charge in [-0.25, -0.2) is 9.36 Å². The minimum absolute atomic E-state index is 0.231. The van der Waals surface area contributed by atoms with E-state index in [-0.39, 0.29) is 6.04 Å². The fraction of sp³-hybridized carbons (Fsp3) is 0.429. The summed E-state index contributed by atoms with van der Waals surface area (Å²) in [6, 6.07) is 2.06. The Bertz CT molecular complexity index is 373. The Kier molecular flexibility index (Phi) is 1.80. The summed E-state index contributed by atoms with van der Waals surface area (Å²) < 4.78 is 3.35. The molecule has 13 heavy (non-hydrogen) atoms. The summed E-state index contributed by atoms with van der Waals surface area (Å²) in [6.45, 7) is 4.03. The number of aromatic nitrogens is 6. The van der Waals surface area contributed by atoms with Crippen molar-refractivity contribution < 1.29 is 0 Å². The molecular weight excluding hydrogens is 168 g/mol. The lowest BCUT2D eigenvalue weighted by atomic mass is 10.4. The van der Waals surface area contributed by atoms with Crippen LogP contribution >= 0.6 is 0 Å². The molecule has 0 aromatic carbocycles. The number of rotatable bonds is 2. The first-order valence-electron chi connectivity index (χ1n) is 4.07. The van der Waals surface area contributed by atoms with Crippen molar-refractivity contribution in [3.8, 4) is 5.95 Å². The number of hydrogen-bond acceptors (Lipinski definition) is 4. The van der Waals surface area contributed by atoms with E-state index in [9.17, 15) is 0 Å². The van der Waals surface area contributed by atoms with Crippen molar-refractivity contribution in [3.63, 3.8) is 0 Å². The highest BCUT2D eigenvalue weighted by Crippen LogP contribution is 2.06. The van der Waals surface area contributed by atoms with Crippen LogP contribution in [0.1, 0.15) is 19.9 Å². The van der Waals surface area contributed by atoms with E-state index in [1.54, 1.807) is 15.6 Å². The van der Waals surface area contributed by atoms with Crippen molar-refractivity contribution >= 4 is 0 Å². The number of hydrogen-bond donors (Lipinski definition) is 0. The summed E-state index contributed by atoms with van der Waals surface area (Å²) in [4.78, 5) is 0. The molecule has 0 spiro atoms. The summed E-state index contributed by atoms with van der Waals surface area (Å²) in [6.07, 6.45) is 3.50. The van der Waals surface area contributed by atoms with Crippen LogP contribution in [0.5, 0.6) is 0 Å². The first-order valence-corrected chi connectivity index (χ1v) is 4.07. The molecule has 0 aliphatic rings. The van der Waals surface area contributed by atoms with Crippen molar-refractivity contribution in [2.24, 2.45) is 0 Å². The number of nitrogens with zero attached hydrogens (tertiary/aromatic N) is 6. The van der Waals surface area contributed by atoms with E-state index in [0.717, 1.165) is 0 Å². The van der Waals surface area contributed by atoms with E-state index >= 15 is 0 Å². The molecule has 0 unspecified atom stereocenters. The van der Waals surface area contributed by atoms with Crippen LogP contribution in [0.15, 0.2) is 18.5 Å². The van der Waals surface area contributed by atoms with Gasteiger partial charge in [-0.05, 0) is 30.3 Å². The average Bonchev–Trinajstić information content (AvgIpc) is 2.74. The summed E-state index contributed by atoms with van der Waals surface area (Å²) in [7, 11) is 0. The molecule has 0 N–H and O–H groups in total. The average molecular weight is 178 g/mol. The Hall–Kier alpha value is -1.72. The van der Waals surface area contributed by atoms with Crippen LogP contribution in [0, 0.1) is 0 Å². The number of tetrazole rings is 1. The van der Waals surface area contributed by atoms with Crippen molar-refractivity contribution in [3.05, 3.63) is 18.5 Å². The molecular formula is C7H10N6. The third-order valence-electron chi connectivity index (χ3n) is 1.67.